The summed E-state index contributed by atoms with van der Waals surface area (Å²) in [4.78, 5) is 28.7. The molecule has 1 atom stereocenters. The molecule has 166 valence electrons. The summed E-state index contributed by atoms with van der Waals surface area (Å²) in [7, 11) is 1.54. The Hall–Kier alpha value is -3.67. The van der Waals surface area contributed by atoms with E-state index in [1.165, 1.54) is 6.92 Å². The van der Waals surface area contributed by atoms with Gasteiger partial charge in [0.25, 0.3) is 0 Å². The van der Waals surface area contributed by atoms with Gasteiger partial charge in [0.1, 0.15) is 11.4 Å². The van der Waals surface area contributed by atoms with Crippen molar-refractivity contribution >= 4 is 17.4 Å². The summed E-state index contributed by atoms with van der Waals surface area (Å²) >= 11 is 0. The molecule has 0 aliphatic carbocycles. The number of anilines is 1. The van der Waals surface area contributed by atoms with E-state index in [9.17, 15) is 9.59 Å². The van der Waals surface area contributed by atoms with Gasteiger partial charge in [0.05, 0.1) is 24.3 Å². The van der Waals surface area contributed by atoms with Crippen LogP contribution in [0, 0.1) is 0 Å². The number of carbonyl (C=O) groups excluding carboxylic acids is 2. The van der Waals surface area contributed by atoms with Crippen molar-refractivity contribution in [3.63, 3.8) is 0 Å². The van der Waals surface area contributed by atoms with Crippen molar-refractivity contribution in [2.75, 3.05) is 12.4 Å². The Morgan fingerprint density at radius 2 is 1.78 bits per heavy atom. The molecule has 1 heterocycles. The molecule has 6 heteroatoms. The number of ketones is 1. The lowest BCUT2D eigenvalue weighted by atomic mass is 9.97. The van der Waals surface area contributed by atoms with Crippen LogP contribution in [0.4, 0.5) is 5.69 Å². The van der Waals surface area contributed by atoms with Gasteiger partial charge >= 0.3 is 5.97 Å². The Labute approximate surface area is 188 Å². The lowest BCUT2D eigenvalue weighted by Gasteiger charge is -2.23. The molecule has 6 nitrogen and oxygen atoms in total. The summed E-state index contributed by atoms with van der Waals surface area (Å²) in [6.45, 7) is 7.02. The molecule has 3 rings (SSSR count). The number of esters is 1. The molecule has 0 spiro atoms. The number of hydrogen-bond donors (Lipinski definition) is 1. The minimum atomic E-state index is -0.576. The molecule has 3 aromatic rings. The fourth-order valence-corrected chi connectivity index (χ4v) is 3.32. The van der Waals surface area contributed by atoms with Gasteiger partial charge in [-0.1, -0.05) is 18.2 Å². The van der Waals surface area contributed by atoms with Crippen LogP contribution < -0.4 is 10.1 Å². The topological polar surface area (TPSA) is 77.5 Å². The van der Waals surface area contributed by atoms with Gasteiger partial charge in [-0.15, -0.1) is 0 Å². The Kier molecular flexibility index (Phi) is 6.93. The van der Waals surface area contributed by atoms with Crippen molar-refractivity contribution in [1.29, 1.82) is 0 Å². The lowest BCUT2D eigenvalue weighted by molar-refractivity contribution is 0.00694. The van der Waals surface area contributed by atoms with Crippen LogP contribution in [-0.4, -0.2) is 29.4 Å². The summed E-state index contributed by atoms with van der Waals surface area (Å²) in [6.07, 6.45) is 3.49. The van der Waals surface area contributed by atoms with E-state index in [1.807, 2.05) is 51.1 Å². The highest BCUT2D eigenvalue weighted by Crippen LogP contribution is 2.31. The number of Topliss-reactive ketones (excluding diaryl/α,β-unsaturated/α-hetero) is 1. The number of pyridine rings is 1. The fourth-order valence-electron chi connectivity index (χ4n) is 3.32. The number of methoxy groups -OCH3 is 1. The van der Waals surface area contributed by atoms with E-state index < -0.39 is 5.60 Å². The minimum absolute atomic E-state index is 0.0654. The predicted octanol–water partition coefficient (Wildman–Crippen LogP) is 5.45. The van der Waals surface area contributed by atoms with Crippen LogP contribution in [0.25, 0.3) is 0 Å². The van der Waals surface area contributed by atoms with Crippen LogP contribution in [0.15, 0.2) is 67.0 Å². The molecular formula is C26H28N2O4. The van der Waals surface area contributed by atoms with Gasteiger partial charge in [-0.25, -0.2) is 4.79 Å². The van der Waals surface area contributed by atoms with E-state index in [0.717, 1.165) is 16.8 Å². The second-order valence-electron chi connectivity index (χ2n) is 8.46. The van der Waals surface area contributed by atoms with E-state index in [0.29, 0.717) is 16.9 Å². The van der Waals surface area contributed by atoms with E-state index >= 15 is 0 Å². The van der Waals surface area contributed by atoms with Crippen molar-refractivity contribution in [2.45, 2.75) is 39.3 Å². The van der Waals surface area contributed by atoms with E-state index in [1.54, 1.807) is 43.8 Å². The molecule has 0 amide bonds. The van der Waals surface area contributed by atoms with Crippen molar-refractivity contribution in [1.82, 2.24) is 4.98 Å². The normalized spacial score (nSPS) is 12.0. The molecular weight excluding hydrogens is 404 g/mol. The zero-order valence-electron chi connectivity index (χ0n) is 19.0. The van der Waals surface area contributed by atoms with Gasteiger partial charge in [0, 0.05) is 18.1 Å². The number of hydrogen-bond acceptors (Lipinski definition) is 6. The van der Waals surface area contributed by atoms with Crippen molar-refractivity contribution in [2.24, 2.45) is 0 Å². The number of rotatable bonds is 7. The smallest absolute Gasteiger partial charge is 0.338 e. The number of nitrogens with zero attached hydrogens (tertiary/aromatic N) is 1. The number of benzene rings is 2. The summed E-state index contributed by atoms with van der Waals surface area (Å²) in [5.74, 6) is 0.0594. The maximum atomic E-state index is 12.5. The van der Waals surface area contributed by atoms with E-state index in [-0.39, 0.29) is 17.8 Å². The Balaban J connectivity index is 1.98. The third-order valence-corrected chi connectivity index (χ3v) is 4.76. The molecule has 0 bridgehead atoms. The third-order valence-electron chi connectivity index (χ3n) is 4.76. The Morgan fingerprint density at radius 3 is 2.41 bits per heavy atom. The van der Waals surface area contributed by atoms with Crippen LogP contribution in [0.3, 0.4) is 0 Å². The number of carbonyl (C=O) groups is 2. The first-order chi connectivity index (χ1) is 15.2. The maximum Gasteiger partial charge on any atom is 0.338 e. The molecule has 32 heavy (non-hydrogen) atoms. The summed E-state index contributed by atoms with van der Waals surface area (Å²) in [5, 5.41) is 3.48. The molecule has 1 N–H and O–H groups in total. The molecule has 1 unspecified atom stereocenters. The predicted molar refractivity (Wildman–Crippen MR) is 124 cm³/mol. The molecule has 1 aromatic heterocycles. The molecule has 0 saturated carbocycles. The third kappa shape index (κ3) is 5.72. The second-order valence-corrected chi connectivity index (χ2v) is 8.46. The highest BCUT2D eigenvalue weighted by atomic mass is 16.6. The van der Waals surface area contributed by atoms with Gasteiger partial charge in [0.2, 0.25) is 0 Å². The van der Waals surface area contributed by atoms with Gasteiger partial charge in [0.15, 0.2) is 5.78 Å². The first-order valence-corrected chi connectivity index (χ1v) is 10.4. The number of nitrogens with one attached hydrogen (secondary N) is 1. The highest BCUT2D eigenvalue weighted by Gasteiger charge is 2.20. The quantitative estimate of drug-likeness (QED) is 0.395. The average Bonchev–Trinajstić information content (AvgIpc) is 2.76. The van der Waals surface area contributed by atoms with Crippen LogP contribution in [0.5, 0.6) is 5.75 Å². The largest absolute Gasteiger partial charge is 0.496 e. The first-order valence-electron chi connectivity index (χ1n) is 10.4. The fraction of sp³-hybridized carbons (Fsp3) is 0.269. The molecule has 2 aromatic carbocycles. The first kappa shape index (κ1) is 23.0. The zero-order valence-corrected chi connectivity index (χ0v) is 19.0. The molecule has 0 radical (unpaired) electrons. The minimum Gasteiger partial charge on any atom is -0.496 e. The molecule has 0 aliphatic heterocycles. The second kappa shape index (κ2) is 9.64. The zero-order chi connectivity index (χ0) is 23.3. The van der Waals surface area contributed by atoms with Crippen LogP contribution in [0.1, 0.15) is 65.6 Å². The SMILES string of the molecule is COc1cc(C(Nc2cccc(C(=O)OC(C)(C)C)c2)c2cccnc2)ccc1C(C)=O. The number of ether oxygens (including phenoxy) is 2. The number of aromatic nitrogens is 1. The van der Waals surface area contributed by atoms with Crippen molar-refractivity contribution in [3.05, 3.63) is 89.2 Å². The highest BCUT2D eigenvalue weighted by molar-refractivity contribution is 5.97. The standard InChI is InChI=1S/C26H28N2O4/c1-17(29)22-12-11-18(15-23(22)31-5)24(20-9-7-13-27-16-20)28-21-10-6-8-19(14-21)25(30)32-26(2,3)4/h6-16,24,28H,1-5H3. The Morgan fingerprint density at radius 1 is 1.00 bits per heavy atom. The average molecular weight is 433 g/mol. The maximum absolute atomic E-state index is 12.5. The summed E-state index contributed by atoms with van der Waals surface area (Å²) in [6, 6.07) is 16.2. The van der Waals surface area contributed by atoms with E-state index in [2.05, 4.69) is 10.3 Å². The summed E-state index contributed by atoms with van der Waals surface area (Å²) in [5.41, 5.74) is 2.97. The molecule has 0 saturated heterocycles. The van der Waals surface area contributed by atoms with Gasteiger partial charge in [-0.05, 0) is 75.2 Å². The molecule has 0 fully saturated rings. The Bertz CT molecular complexity index is 1100. The lowest BCUT2D eigenvalue weighted by Crippen LogP contribution is -2.24. The molecule has 0 aliphatic rings. The van der Waals surface area contributed by atoms with E-state index in [4.69, 9.17) is 9.47 Å². The van der Waals surface area contributed by atoms with Crippen LogP contribution in [0.2, 0.25) is 0 Å². The summed E-state index contributed by atoms with van der Waals surface area (Å²) < 4.78 is 10.9. The van der Waals surface area contributed by atoms with Crippen molar-refractivity contribution < 1.29 is 19.1 Å². The van der Waals surface area contributed by atoms with Gasteiger partial charge in [-0.2, -0.15) is 0 Å². The van der Waals surface area contributed by atoms with Crippen LogP contribution >= 0.6 is 0 Å². The van der Waals surface area contributed by atoms with Crippen molar-refractivity contribution in [3.8, 4) is 5.75 Å². The monoisotopic (exact) mass is 432 g/mol. The van der Waals surface area contributed by atoms with Gasteiger partial charge < -0.3 is 14.8 Å². The van der Waals surface area contributed by atoms with Crippen LogP contribution in [-0.2, 0) is 4.74 Å². The van der Waals surface area contributed by atoms with Gasteiger partial charge in [-0.3, -0.25) is 9.78 Å².